The van der Waals surface area contributed by atoms with Gasteiger partial charge in [-0.3, -0.25) is 9.69 Å². The van der Waals surface area contributed by atoms with Crippen molar-refractivity contribution in [3.8, 4) is 5.75 Å². The van der Waals surface area contributed by atoms with Gasteiger partial charge in [0.2, 0.25) is 5.91 Å². The van der Waals surface area contributed by atoms with Gasteiger partial charge in [-0.05, 0) is 76.1 Å². The third-order valence-electron chi connectivity index (χ3n) is 4.29. The summed E-state index contributed by atoms with van der Waals surface area (Å²) in [5.41, 5.74) is 6.69. The number of likely N-dealkylation sites (N-methyl/N-ethyl adjacent to an activating group) is 1. The number of hydrogen-bond acceptors (Lipinski definition) is 3. The summed E-state index contributed by atoms with van der Waals surface area (Å²) in [6.45, 7) is 11.8. The lowest BCUT2D eigenvalue weighted by atomic mass is 10.1. The minimum absolute atomic E-state index is 0.00560. The minimum atomic E-state index is -0.00560. The summed E-state index contributed by atoms with van der Waals surface area (Å²) in [7, 11) is 1.93. The molecule has 0 spiro atoms. The predicted molar refractivity (Wildman–Crippen MR) is 108 cm³/mol. The van der Waals surface area contributed by atoms with E-state index in [4.69, 9.17) is 4.74 Å². The van der Waals surface area contributed by atoms with Crippen molar-refractivity contribution in [1.29, 1.82) is 0 Å². The lowest BCUT2D eigenvalue weighted by molar-refractivity contribution is -0.117. The second-order valence-corrected chi connectivity index (χ2v) is 7.23. The van der Waals surface area contributed by atoms with Gasteiger partial charge in [-0.25, -0.2) is 0 Å². The third kappa shape index (κ3) is 5.88. The molecule has 0 aliphatic rings. The van der Waals surface area contributed by atoms with Crippen LogP contribution >= 0.6 is 0 Å². The van der Waals surface area contributed by atoms with E-state index >= 15 is 0 Å². The molecule has 0 saturated carbocycles. The molecule has 0 atom stereocenters. The van der Waals surface area contributed by atoms with Gasteiger partial charge in [0.1, 0.15) is 12.4 Å². The number of benzene rings is 2. The third-order valence-corrected chi connectivity index (χ3v) is 4.29. The van der Waals surface area contributed by atoms with Crippen molar-refractivity contribution in [3.05, 3.63) is 58.1 Å². The molecule has 0 bridgehead atoms. The molecule has 0 radical (unpaired) electrons. The Hall–Kier alpha value is -2.33. The van der Waals surface area contributed by atoms with E-state index in [-0.39, 0.29) is 5.91 Å². The van der Waals surface area contributed by atoms with Gasteiger partial charge < -0.3 is 10.1 Å². The Balaban J connectivity index is 1.82. The van der Waals surface area contributed by atoms with Gasteiger partial charge in [0, 0.05) is 12.2 Å². The fourth-order valence-corrected chi connectivity index (χ4v) is 3.22. The standard InChI is InChI=1S/C22H30N2O2/c1-15-9-16(2)13-20(12-15)26-8-7-24(6)14-21(25)23-22-18(4)10-17(3)11-19(22)5/h9-13H,7-8,14H2,1-6H3,(H,23,25). The number of nitrogens with one attached hydrogen (secondary N) is 1. The normalized spacial score (nSPS) is 10.9. The van der Waals surface area contributed by atoms with E-state index in [2.05, 4.69) is 44.3 Å². The van der Waals surface area contributed by atoms with E-state index in [1.165, 1.54) is 16.7 Å². The zero-order valence-electron chi connectivity index (χ0n) is 16.8. The molecular formula is C22H30N2O2. The molecule has 0 aliphatic heterocycles. The van der Waals surface area contributed by atoms with Crippen molar-refractivity contribution in [2.75, 3.05) is 32.1 Å². The number of carbonyl (C=O) groups is 1. The maximum Gasteiger partial charge on any atom is 0.238 e. The summed E-state index contributed by atoms with van der Waals surface area (Å²) >= 11 is 0. The zero-order chi connectivity index (χ0) is 19.3. The molecule has 26 heavy (non-hydrogen) atoms. The first-order valence-corrected chi connectivity index (χ1v) is 9.02. The van der Waals surface area contributed by atoms with Gasteiger partial charge >= 0.3 is 0 Å². The summed E-state index contributed by atoms with van der Waals surface area (Å²) < 4.78 is 5.82. The summed E-state index contributed by atoms with van der Waals surface area (Å²) in [5.74, 6) is 0.875. The average molecular weight is 354 g/mol. The Labute approximate surface area is 157 Å². The van der Waals surface area contributed by atoms with E-state index in [9.17, 15) is 4.79 Å². The van der Waals surface area contributed by atoms with E-state index in [1.807, 2.05) is 37.9 Å². The smallest absolute Gasteiger partial charge is 0.238 e. The summed E-state index contributed by atoms with van der Waals surface area (Å²) in [4.78, 5) is 14.3. The van der Waals surface area contributed by atoms with Gasteiger partial charge in [-0.15, -0.1) is 0 Å². The molecule has 2 aromatic rings. The Bertz CT molecular complexity index is 740. The van der Waals surface area contributed by atoms with E-state index in [0.717, 1.165) is 22.6 Å². The maximum atomic E-state index is 12.3. The fraction of sp³-hybridized carbons (Fsp3) is 0.409. The first-order valence-electron chi connectivity index (χ1n) is 9.02. The molecule has 140 valence electrons. The number of anilines is 1. The van der Waals surface area contributed by atoms with Gasteiger partial charge in [0.05, 0.1) is 6.54 Å². The molecule has 0 aromatic heterocycles. The molecule has 0 unspecified atom stereocenters. The van der Waals surface area contributed by atoms with Crippen LogP contribution in [-0.2, 0) is 4.79 Å². The summed E-state index contributed by atoms with van der Waals surface area (Å²) in [6, 6.07) is 10.4. The van der Waals surface area contributed by atoms with Crippen LogP contribution in [0.25, 0.3) is 0 Å². The molecule has 4 nitrogen and oxygen atoms in total. The maximum absolute atomic E-state index is 12.3. The van der Waals surface area contributed by atoms with Crippen molar-refractivity contribution in [2.24, 2.45) is 0 Å². The van der Waals surface area contributed by atoms with Gasteiger partial charge in [0.25, 0.3) is 0 Å². The van der Waals surface area contributed by atoms with Crippen LogP contribution in [-0.4, -0.2) is 37.6 Å². The SMILES string of the molecule is Cc1cc(C)cc(OCCN(C)CC(=O)Nc2c(C)cc(C)cc2C)c1. The molecule has 0 heterocycles. The van der Waals surface area contributed by atoms with Crippen LogP contribution < -0.4 is 10.1 Å². The first-order chi connectivity index (χ1) is 12.2. The number of nitrogens with zero attached hydrogens (tertiary/aromatic N) is 1. The molecule has 4 heteroatoms. The molecule has 1 N–H and O–H groups in total. The van der Waals surface area contributed by atoms with Crippen LogP contribution in [0, 0.1) is 34.6 Å². The van der Waals surface area contributed by atoms with Crippen molar-refractivity contribution in [1.82, 2.24) is 4.90 Å². The topological polar surface area (TPSA) is 41.6 Å². The van der Waals surface area contributed by atoms with Crippen LogP contribution in [0.15, 0.2) is 30.3 Å². The van der Waals surface area contributed by atoms with Crippen molar-refractivity contribution in [2.45, 2.75) is 34.6 Å². The van der Waals surface area contributed by atoms with Gasteiger partial charge in [0.15, 0.2) is 0 Å². The largest absolute Gasteiger partial charge is 0.492 e. The van der Waals surface area contributed by atoms with E-state index in [0.29, 0.717) is 19.7 Å². The fourth-order valence-electron chi connectivity index (χ4n) is 3.22. The Morgan fingerprint density at radius 1 is 0.923 bits per heavy atom. The molecule has 0 fully saturated rings. The van der Waals surface area contributed by atoms with Crippen molar-refractivity contribution < 1.29 is 9.53 Å². The number of aryl methyl sites for hydroxylation is 5. The molecule has 0 saturated heterocycles. The number of hydrogen-bond donors (Lipinski definition) is 1. The second kappa shape index (κ2) is 8.86. The second-order valence-electron chi connectivity index (χ2n) is 7.23. The number of carbonyl (C=O) groups excluding carboxylic acids is 1. The Kier molecular flexibility index (Phi) is 6.81. The lowest BCUT2D eigenvalue weighted by Crippen LogP contribution is -2.33. The van der Waals surface area contributed by atoms with Gasteiger partial charge in [-0.1, -0.05) is 23.8 Å². The number of rotatable bonds is 7. The predicted octanol–water partition coefficient (Wildman–Crippen LogP) is 4.18. The number of ether oxygens (including phenoxy) is 1. The van der Waals surface area contributed by atoms with Crippen LogP contribution in [0.2, 0.25) is 0 Å². The summed E-state index contributed by atoms with van der Waals surface area (Å²) in [6.07, 6.45) is 0. The van der Waals surface area contributed by atoms with Crippen LogP contribution in [0.4, 0.5) is 5.69 Å². The summed E-state index contributed by atoms with van der Waals surface area (Å²) in [5, 5.41) is 3.04. The highest BCUT2D eigenvalue weighted by Gasteiger charge is 2.11. The van der Waals surface area contributed by atoms with Crippen LogP contribution in [0.1, 0.15) is 27.8 Å². The molecular weight excluding hydrogens is 324 g/mol. The van der Waals surface area contributed by atoms with Crippen LogP contribution in [0.5, 0.6) is 5.75 Å². The Morgan fingerprint density at radius 2 is 1.46 bits per heavy atom. The first kappa shape index (κ1) is 20.0. The highest BCUT2D eigenvalue weighted by atomic mass is 16.5. The average Bonchev–Trinajstić information content (AvgIpc) is 2.49. The van der Waals surface area contributed by atoms with Crippen LogP contribution in [0.3, 0.4) is 0 Å². The van der Waals surface area contributed by atoms with E-state index in [1.54, 1.807) is 0 Å². The molecule has 2 aromatic carbocycles. The number of amides is 1. The minimum Gasteiger partial charge on any atom is -0.492 e. The molecule has 0 aliphatic carbocycles. The van der Waals surface area contributed by atoms with Crippen molar-refractivity contribution in [3.63, 3.8) is 0 Å². The molecule has 2 rings (SSSR count). The Morgan fingerprint density at radius 3 is 2.04 bits per heavy atom. The van der Waals surface area contributed by atoms with Gasteiger partial charge in [-0.2, -0.15) is 0 Å². The zero-order valence-corrected chi connectivity index (χ0v) is 16.8. The highest BCUT2D eigenvalue weighted by molar-refractivity contribution is 5.93. The highest BCUT2D eigenvalue weighted by Crippen LogP contribution is 2.21. The molecule has 1 amide bonds. The lowest BCUT2D eigenvalue weighted by Gasteiger charge is -2.18. The quantitative estimate of drug-likeness (QED) is 0.811. The van der Waals surface area contributed by atoms with Crippen molar-refractivity contribution >= 4 is 11.6 Å². The monoisotopic (exact) mass is 354 g/mol. The van der Waals surface area contributed by atoms with E-state index < -0.39 is 0 Å².